The molecule has 2 heterocycles. The molecule has 1 N–H and O–H groups in total. The first-order chi connectivity index (χ1) is 6.31. The predicted octanol–water partition coefficient (Wildman–Crippen LogP) is 0.420. The van der Waals surface area contributed by atoms with Gasteiger partial charge in [-0.2, -0.15) is 0 Å². The number of rotatable bonds is 0. The minimum absolute atomic E-state index is 0.106. The molecule has 1 amide bonds. The summed E-state index contributed by atoms with van der Waals surface area (Å²) in [6, 6.07) is 0. The van der Waals surface area contributed by atoms with Gasteiger partial charge in [-0.15, -0.1) is 0 Å². The zero-order valence-electron chi connectivity index (χ0n) is 7.67. The van der Waals surface area contributed by atoms with Gasteiger partial charge in [-0.3, -0.25) is 4.79 Å². The smallest absolute Gasteiger partial charge is 0.220 e. The Labute approximate surface area is 77.6 Å². The number of ether oxygens (including phenoxy) is 2. The van der Waals surface area contributed by atoms with E-state index in [-0.39, 0.29) is 5.91 Å². The first-order valence-electron chi connectivity index (χ1n) is 4.85. The Morgan fingerprint density at radius 1 is 1.23 bits per heavy atom. The van der Waals surface area contributed by atoms with Crippen LogP contribution >= 0.6 is 0 Å². The molecule has 0 aliphatic carbocycles. The highest BCUT2D eigenvalue weighted by molar-refractivity contribution is 5.76. The highest BCUT2D eigenvalue weighted by Crippen LogP contribution is 2.28. The molecule has 1 spiro atoms. The molecule has 0 saturated carbocycles. The van der Waals surface area contributed by atoms with Crippen LogP contribution in [0.25, 0.3) is 0 Å². The lowest BCUT2D eigenvalue weighted by Crippen LogP contribution is -2.41. The van der Waals surface area contributed by atoms with Gasteiger partial charge < -0.3 is 14.8 Å². The predicted molar refractivity (Wildman–Crippen MR) is 46.1 cm³/mol. The molecule has 2 fully saturated rings. The number of hydrogen-bond acceptors (Lipinski definition) is 3. The highest BCUT2D eigenvalue weighted by atomic mass is 16.7. The molecular weight excluding hydrogens is 170 g/mol. The summed E-state index contributed by atoms with van der Waals surface area (Å²) in [5, 5.41) is 2.82. The lowest BCUT2D eigenvalue weighted by Gasteiger charge is -2.35. The van der Waals surface area contributed by atoms with E-state index in [2.05, 4.69) is 5.32 Å². The van der Waals surface area contributed by atoms with Crippen LogP contribution in [0.15, 0.2) is 0 Å². The highest BCUT2D eigenvalue weighted by Gasteiger charge is 2.36. The van der Waals surface area contributed by atoms with E-state index in [9.17, 15) is 4.79 Å². The van der Waals surface area contributed by atoms with E-state index < -0.39 is 5.79 Å². The second-order valence-corrected chi connectivity index (χ2v) is 3.56. The molecule has 2 aliphatic heterocycles. The molecule has 2 saturated heterocycles. The van der Waals surface area contributed by atoms with Crippen molar-refractivity contribution in [3.05, 3.63) is 0 Å². The van der Waals surface area contributed by atoms with Crippen LogP contribution in [0, 0.1) is 0 Å². The Hall–Kier alpha value is -0.610. The molecule has 0 atom stereocenters. The fraction of sp³-hybridized carbons (Fsp3) is 0.889. The number of nitrogens with one attached hydrogen (secondary N) is 1. The van der Waals surface area contributed by atoms with Crippen molar-refractivity contribution in [2.24, 2.45) is 0 Å². The van der Waals surface area contributed by atoms with Crippen molar-refractivity contribution in [1.29, 1.82) is 0 Å². The zero-order chi connectivity index (χ0) is 9.15. The Morgan fingerprint density at radius 3 is 2.77 bits per heavy atom. The molecule has 0 aromatic heterocycles. The van der Waals surface area contributed by atoms with Gasteiger partial charge in [0.05, 0.1) is 13.2 Å². The van der Waals surface area contributed by atoms with Crippen molar-refractivity contribution in [2.75, 3.05) is 19.8 Å². The van der Waals surface area contributed by atoms with Crippen LogP contribution in [0.2, 0.25) is 0 Å². The van der Waals surface area contributed by atoms with Gasteiger partial charge in [-0.05, 0) is 6.42 Å². The van der Waals surface area contributed by atoms with Gasteiger partial charge in [0.15, 0.2) is 5.79 Å². The summed E-state index contributed by atoms with van der Waals surface area (Å²) in [6.07, 6.45) is 2.95. The van der Waals surface area contributed by atoms with E-state index in [0.29, 0.717) is 19.4 Å². The Kier molecular flexibility index (Phi) is 2.51. The number of carbonyl (C=O) groups excluding carboxylic acids is 1. The van der Waals surface area contributed by atoms with Gasteiger partial charge >= 0.3 is 0 Å². The summed E-state index contributed by atoms with van der Waals surface area (Å²) in [6.45, 7) is 2.18. The second-order valence-electron chi connectivity index (χ2n) is 3.56. The molecule has 2 rings (SSSR count). The fourth-order valence-corrected chi connectivity index (χ4v) is 1.82. The zero-order valence-corrected chi connectivity index (χ0v) is 7.67. The molecule has 0 bridgehead atoms. The average molecular weight is 185 g/mol. The van der Waals surface area contributed by atoms with Gasteiger partial charge in [-0.1, -0.05) is 0 Å². The van der Waals surface area contributed by atoms with Crippen molar-refractivity contribution in [2.45, 2.75) is 31.5 Å². The number of carbonyl (C=O) groups is 1. The van der Waals surface area contributed by atoms with Crippen LogP contribution in [0.1, 0.15) is 25.7 Å². The minimum Gasteiger partial charge on any atom is -0.356 e. The minimum atomic E-state index is -0.461. The summed E-state index contributed by atoms with van der Waals surface area (Å²) in [5.41, 5.74) is 0. The quantitative estimate of drug-likeness (QED) is 0.595. The Balaban J connectivity index is 1.99. The van der Waals surface area contributed by atoms with Crippen molar-refractivity contribution in [1.82, 2.24) is 5.32 Å². The van der Waals surface area contributed by atoms with Crippen LogP contribution in [-0.2, 0) is 14.3 Å². The number of amides is 1. The molecule has 0 aromatic rings. The van der Waals surface area contributed by atoms with Crippen molar-refractivity contribution in [3.8, 4) is 0 Å². The van der Waals surface area contributed by atoms with Crippen LogP contribution < -0.4 is 5.32 Å². The molecule has 2 aliphatic rings. The second kappa shape index (κ2) is 3.64. The summed E-state index contributed by atoms with van der Waals surface area (Å²) in [4.78, 5) is 11.1. The Morgan fingerprint density at radius 2 is 2.00 bits per heavy atom. The molecule has 0 unspecified atom stereocenters. The van der Waals surface area contributed by atoms with E-state index >= 15 is 0 Å². The summed E-state index contributed by atoms with van der Waals surface area (Å²) in [5.74, 6) is -0.355. The van der Waals surface area contributed by atoms with Crippen LogP contribution in [-0.4, -0.2) is 31.5 Å². The maximum absolute atomic E-state index is 11.1. The van der Waals surface area contributed by atoms with Crippen molar-refractivity contribution in [3.63, 3.8) is 0 Å². The molecule has 4 nitrogen and oxygen atoms in total. The van der Waals surface area contributed by atoms with E-state index in [4.69, 9.17) is 9.47 Å². The topological polar surface area (TPSA) is 47.6 Å². The standard InChI is InChI=1S/C9H15NO3/c11-8-2-3-9(4-5-10-8)12-6-1-7-13-9/h1-7H2,(H,10,11). The van der Waals surface area contributed by atoms with Crippen LogP contribution in [0.4, 0.5) is 0 Å². The third kappa shape index (κ3) is 2.00. The van der Waals surface area contributed by atoms with Gasteiger partial charge in [0, 0.05) is 25.8 Å². The summed E-state index contributed by atoms with van der Waals surface area (Å²) >= 11 is 0. The molecule has 4 heteroatoms. The first kappa shape index (κ1) is 8.97. The Bertz CT molecular complexity index is 199. The fourth-order valence-electron chi connectivity index (χ4n) is 1.82. The monoisotopic (exact) mass is 185 g/mol. The lowest BCUT2D eigenvalue weighted by atomic mass is 10.1. The summed E-state index contributed by atoms with van der Waals surface area (Å²) in [7, 11) is 0. The average Bonchev–Trinajstić information content (AvgIpc) is 2.32. The SMILES string of the molecule is O=C1CCC2(CCN1)OCCCO2. The maximum atomic E-state index is 11.1. The van der Waals surface area contributed by atoms with E-state index in [1.165, 1.54) is 0 Å². The maximum Gasteiger partial charge on any atom is 0.220 e. The molecule has 13 heavy (non-hydrogen) atoms. The van der Waals surface area contributed by atoms with E-state index in [0.717, 1.165) is 26.1 Å². The number of hydrogen-bond donors (Lipinski definition) is 1. The first-order valence-corrected chi connectivity index (χ1v) is 4.85. The normalized spacial score (nSPS) is 28.2. The van der Waals surface area contributed by atoms with Gasteiger partial charge in [-0.25, -0.2) is 0 Å². The van der Waals surface area contributed by atoms with Crippen LogP contribution in [0.5, 0.6) is 0 Å². The van der Waals surface area contributed by atoms with Gasteiger partial charge in [0.1, 0.15) is 0 Å². The molecule has 0 radical (unpaired) electrons. The van der Waals surface area contributed by atoms with E-state index in [1.807, 2.05) is 0 Å². The largest absolute Gasteiger partial charge is 0.356 e. The van der Waals surface area contributed by atoms with Crippen LogP contribution in [0.3, 0.4) is 0 Å². The summed E-state index contributed by atoms with van der Waals surface area (Å²) < 4.78 is 11.2. The van der Waals surface area contributed by atoms with Gasteiger partial charge in [0.25, 0.3) is 0 Å². The van der Waals surface area contributed by atoms with Crippen molar-refractivity contribution < 1.29 is 14.3 Å². The van der Waals surface area contributed by atoms with Crippen molar-refractivity contribution >= 4 is 5.91 Å². The lowest BCUT2D eigenvalue weighted by molar-refractivity contribution is -0.270. The molecule has 0 aromatic carbocycles. The third-order valence-corrected chi connectivity index (χ3v) is 2.58. The molecular formula is C9H15NO3. The third-order valence-electron chi connectivity index (χ3n) is 2.58. The molecule has 74 valence electrons. The van der Waals surface area contributed by atoms with E-state index in [1.54, 1.807) is 0 Å². The van der Waals surface area contributed by atoms with Gasteiger partial charge in [0.2, 0.25) is 5.91 Å².